The molecular formula is C25H19Cl2N5O5. The molecule has 10 nitrogen and oxygen atoms in total. The Labute approximate surface area is 220 Å². The lowest BCUT2D eigenvalue weighted by Gasteiger charge is -2.20. The Morgan fingerprint density at radius 1 is 0.946 bits per heavy atom. The molecule has 4 N–H and O–H groups in total. The lowest BCUT2D eigenvalue weighted by Crippen LogP contribution is -2.42. The standard InChI is InChI=1S/C25H19Cl2N5O5/c26-16-11-28-12-17(27)19(16)24(35)31-14-6-4-13(5-7-14)9-18(25(36)37)32-21-20(22(33)23(21)34)30-10-15-3-1-2-8-29-15/h1-8,11-12,18,30,32H,9-10H2,(H,31,35)(H,36,37)/t18-/m0/s1. The molecular weight excluding hydrogens is 521 g/mol. The maximum atomic E-state index is 12.5. The van der Waals surface area contributed by atoms with Gasteiger partial charge in [0.25, 0.3) is 16.8 Å². The van der Waals surface area contributed by atoms with E-state index in [1.54, 1.807) is 48.7 Å². The molecule has 0 aliphatic heterocycles. The van der Waals surface area contributed by atoms with Gasteiger partial charge < -0.3 is 21.1 Å². The van der Waals surface area contributed by atoms with Crippen molar-refractivity contribution in [2.24, 2.45) is 0 Å². The Kier molecular flexibility index (Phi) is 7.80. The number of carbonyl (C=O) groups excluding carboxylic acids is 1. The van der Waals surface area contributed by atoms with Crippen molar-refractivity contribution in [3.05, 3.63) is 108 Å². The molecule has 0 saturated heterocycles. The summed E-state index contributed by atoms with van der Waals surface area (Å²) in [5.74, 6) is -1.73. The lowest BCUT2D eigenvalue weighted by atomic mass is 10.0. The first kappa shape index (κ1) is 25.8. The summed E-state index contributed by atoms with van der Waals surface area (Å²) in [5, 5.41) is 18.1. The van der Waals surface area contributed by atoms with Crippen LogP contribution in [0.1, 0.15) is 21.6 Å². The highest BCUT2D eigenvalue weighted by atomic mass is 35.5. The number of aromatic nitrogens is 2. The number of halogens is 2. The Hall–Kier alpha value is -4.28. The Balaban J connectivity index is 1.42. The van der Waals surface area contributed by atoms with E-state index >= 15 is 0 Å². The van der Waals surface area contributed by atoms with E-state index in [1.807, 2.05) is 0 Å². The van der Waals surface area contributed by atoms with Crippen LogP contribution in [0, 0.1) is 0 Å². The maximum Gasteiger partial charge on any atom is 0.326 e. The number of carbonyl (C=O) groups is 2. The number of rotatable bonds is 10. The molecule has 188 valence electrons. The van der Waals surface area contributed by atoms with E-state index in [-0.39, 0.29) is 39.9 Å². The molecule has 12 heteroatoms. The summed E-state index contributed by atoms with van der Waals surface area (Å²) >= 11 is 12.0. The van der Waals surface area contributed by atoms with Gasteiger partial charge >= 0.3 is 5.97 Å². The normalized spacial score (nSPS) is 11.6. The number of hydrogen-bond acceptors (Lipinski definition) is 8. The highest BCUT2D eigenvalue weighted by Crippen LogP contribution is 2.24. The Morgan fingerprint density at radius 3 is 2.24 bits per heavy atom. The minimum atomic E-state index is -1.21. The van der Waals surface area contributed by atoms with E-state index in [9.17, 15) is 24.3 Å². The molecule has 0 radical (unpaired) electrons. The van der Waals surface area contributed by atoms with E-state index in [2.05, 4.69) is 25.9 Å². The van der Waals surface area contributed by atoms with E-state index in [0.717, 1.165) is 0 Å². The summed E-state index contributed by atoms with van der Waals surface area (Å²) in [5.41, 5.74) is 0.200. The first-order valence-electron chi connectivity index (χ1n) is 10.9. The van der Waals surface area contributed by atoms with Gasteiger partial charge in [0.05, 0.1) is 27.8 Å². The van der Waals surface area contributed by atoms with Crippen LogP contribution in [-0.2, 0) is 17.8 Å². The van der Waals surface area contributed by atoms with E-state index in [4.69, 9.17) is 23.2 Å². The highest BCUT2D eigenvalue weighted by molar-refractivity contribution is 6.40. The summed E-state index contributed by atoms with van der Waals surface area (Å²) in [6, 6.07) is 10.5. The topological polar surface area (TPSA) is 150 Å². The molecule has 0 unspecified atom stereocenters. The van der Waals surface area contributed by atoms with Crippen molar-refractivity contribution >= 4 is 52.1 Å². The van der Waals surface area contributed by atoms with Gasteiger partial charge in [0.1, 0.15) is 17.4 Å². The van der Waals surface area contributed by atoms with Crippen molar-refractivity contribution < 1.29 is 14.7 Å². The van der Waals surface area contributed by atoms with Gasteiger partial charge in [0.2, 0.25) is 0 Å². The van der Waals surface area contributed by atoms with E-state index < -0.39 is 28.8 Å². The summed E-state index contributed by atoms with van der Waals surface area (Å²) in [6.45, 7) is 0.196. The minimum Gasteiger partial charge on any atom is -0.480 e. The van der Waals surface area contributed by atoms with Crippen LogP contribution in [0.15, 0.2) is 70.6 Å². The second-order valence-corrected chi connectivity index (χ2v) is 8.77. The number of anilines is 3. The lowest BCUT2D eigenvalue weighted by molar-refractivity contribution is -0.137. The Bertz CT molecular complexity index is 1500. The number of carboxylic acids is 1. The first-order chi connectivity index (χ1) is 17.7. The summed E-state index contributed by atoms with van der Waals surface area (Å²) in [6.07, 6.45) is 4.21. The SMILES string of the molecule is O=C(Nc1ccc(C[C@H](Nc2c(NCc3ccccn3)c(=O)c2=O)C(=O)O)cc1)c1c(Cl)cncc1Cl. The average Bonchev–Trinajstić information content (AvgIpc) is 2.88. The van der Waals surface area contributed by atoms with Gasteiger partial charge in [-0.1, -0.05) is 41.4 Å². The molecule has 1 amide bonds. The molecule has 0 aliphatic carbocycles. The fourth-order valence-corrected chi connectivity index (χ4v) is 4.07. The molecule has 0 bridgehead atoms. The second-order valence-electron chi connectivity index (χ2n) is 7.95. The predicted octanol–water partition coefficient (Wildman–Crippen LogP) is 3.35. The molecule has 0 aliphatic rings. The van der Waals surface area contributed by atoms with Crippen molar-refractivity contribution in [3.63, 3.8) is 0 Å². The molecule has 2 aromatic carbocycles. The van der Waals surface area contributed by atoms with Crippen LogP contribution in [-0.4, -0.2) is 33.0 Å². The van der Waals surface area contributed by atoms with E-state index in [1.165, 1.54) is 12.4 Å². The van der Waals surface area contributed by atoms with Crippen LogP contribution in [0.3, 0.4) is 0 Å². The quantitative estimate of drug-likeness (QED) is 0.222. The summed E-state index contributed by atoms with van der Waals surface area (Å²) in [7, 11) is 0. The van der Waals surface area contributed by atoms with Crippen LogP contribution in [0.2, 0.25) is 10.0 Å². The number of benzene rings is 1. The zero-order valence-electron chi connectivity index (χ0n) is 19.0. The molecule has 2 aromatic heterocycles. The Morgan fingerprint density at radius 2 is 1.62 bits per heavy atom. The van der Waals surface area contributed by atoms with Gasteiger partial charge in [-0.15, -0.1) is 0 Å². The highest BCUT2D eigenvalue weighted by Gasteiger charge is 2.27. The van der Waals surface area contributed by atoms with E-state index in [0.29, 0.717) is 16.9 Å². The van der Waals surface area contributed by atoms with Crippen molar-refractivity contribution in [2.45, 2.75) is 19.0 Å². The fourth-order valence-electron chi connectivity index (χ4n) is 3.54. The van der Waals surface area contributed by atoms with Crippen molar-refractivity contribution in [3.8, 4) is 0 Å². The van der Waals surface area contributed by atoms with Crippen LogP contribution in [0.4, 0.5) is 17.1 Å². The average molecular weight is 540 g/mol. The third kappa shape index (κ3) is 5.93. The third-order valence-electron chi connectivity index (χ3n) is 5.43. The number of nitrogens with zero attached hydrogens (tertiary/aromatic N) is 2. The molecule has 0 spiro atoms. The smallest absolute Gasteiger partial charge is 0.326 e. The number of aliphatic carboxylic acids is 1. The first-order valence-corrected chi connectivity index (χ1v) is 11.7. The number of nitrogens with one attached hydrogen (secondary N) is 3. The molecule has 37 heavy (non-hydrogen) atoms. The molecule has 4 aromatic rings. The van der Waals surface area contributed by atoms with Gasteiger partial charge in [-0.3, -0.25) is 24.4 Å². The number of hydrogen-bond donors (Lipinski definition) is 4. The molecule has 0 saturated carbocycles. The van der Waals surface area contributed by atoms with Crippen molar-refractivity contribution in [1.29, 1.82) is 0 Å². The number of amides is 1. The van der Waals surface area contributed by atoms with Gasteiger partial charge in [-0.05, 0) is 29.8 Å². The molecule has 0 fully saturated rings. The van der Waals surface area contributed by atoms with Crippen LogP contribution < -0.4 is 26.8 Å². The molecule has 4 rings (SSSR count). The van der Waals surface area contributed by atoms with Crippen LogP contribution >= 0.6 is 23.2 Å². The van der Waals surface area contributed by atoms with Gasteiger partial charge in [-0.2, -0.15) is 0 Å². The zero-order chi connectivity index (χ0) is 26.5. The molecule has 1 atom stereocenters. The van der Waals surface area contributed by atoms with Crippen molar-refractivity contribution in [2.75, 3.05) is 16.0 Å². The van der Waals surface area contributed by atoms with Gasteiger partial charge in [0, 0.05) is 30.7 Å². The van der Waals surface area contributed by atoms with Gasteiger partial charge in [-0.25, -0.2) is 4.79 Å². The monoisotopic (exact) mass is 539 g/mol. The second kappa shape index (κ2) is 11.2. The largest absolute Gasteiger partial charge is 0.480 e. The molecule has 2 heterocycles. The number of pyridine rings is 2. The van der Waals surface area contributed by atoms with Crippen LogP contribution in [0.25, 0.3) is 0 Å². The van der Waals surface area contributed by atoms with Crippen molar-refractivity contribution in [1.82, 2.24) is 9.97 Å². The summed E-state index contributed by atoms with van der Waals surface area (Å²) in [4.78, 5) is 56.5. The summed E-state index contributed by atoms with van der Waals surface area (Å²) < 4.78 is 0. The predicted molar refractivity (Wildman–Crippen MR) is 140 cm³/mol. The fraction of sp³-hybridized carbons (Fsp3) is 0.120. The number of carboxylic acid groups (broad SMARTS) is 1. The minimum absolute atomic E-state index is 0.00403. The zero-order valence-corrected chi connectivity index (χ0v) is 20.5. The van der Waals surface area contributed by atoms with Crippen LogP contribution in [0.5, 0.6) is 0 Å². The third-order valence-corrected chi connectivity index (χ3v) is 6.00. The maximum absolute atomic E-state index is 12.5. The van der Waals surface area contributed by atoms with Gasteiger partial charge in [0.15, 0.2) is 0 Å².